The fourth-order valence-corrected chi connectivity index (χ4v) is 6.07. The van der Waals surface area contributed by atoms with E-state index in [4.69, 9.17) is 0 Å². The number of rotatable bonds is 6. The first-order valence-corrected chi connectivity index (χ1v) is 10.4. The number of halogens is 1. The third kappa shape index (κ3) is 5.14. The lowest BCUT2D eigenvalue weighted by molar-refractivity contribution is 0.541. The standard InChI is InChI=1S/C10H20BrNO4S2/c1-2-3-9(11)8-12-18(15,16)10-4-6-17(13,14)7-5-10/h9-10,12H,2-8H2,1H3. The number of sulfone groups is 1. The van der Waals surface area contributed by atoms with Crippen LogP contribution in [0, 0.1) is 0 Å². The fourth-order valence-electron chi connectivity index (χ4n) is 1.92. The molecular formula is C10H20BrNO4S2. The van der Waals surface area contributed by atoms with Crippen molar-refractivity contribution in [2.24, 2.45) is 0 Å². The monoisotopic (exact) mass is 361 g/mol. The smallest absolute Gasteiger partial charge is 0.214 e. The number of hydrogen-bond donors (Lipinski definition) is 1. The Labute approximate surface area is 118 Å². The lowest BCUT2D eigenvalue weighted by Gasteiger charge is -2.22. The number of nitrogens with one attached hydrogen (secondary N) is 1. The van der Waals surface area contributed by atoms with E-state index >= 15 is 0 Å². The highest BCUT2D eigenvalue weighted by Crippen LogP contribution is 2.19. The van der Waals surface area contributed by atoms with Crippen molar-refractivity contribution in [1.82, 2.24) is 4.72 Å². The quantitative estimate of drug-likeness (QED) is 0.716. The van der Waals surface area contributed by atoms with E-state index in [1.807, 2.05) is 6.92 Å². The molecule has 1 heterocycles. The summed E-state index contributed by atoms with van der Waals surface area (Å²) in [5, 5.41) is -0.567. The molecule has 0 bridgehead atoms. The van der Waals surface area contributed by atoms with E-state index < -0.39 is 25.1 Å². The van der Waals surface area contributed by atoms with Crippen molar-refractivity contribution < 1.29 is 16.8 Å². The Hall–Kier alpha value is 0.340. The molecule has 8 heteroatoms. The van der Waals surface area contributed by atoms with Gasteiger partial charge in [0.25, 0.3) is 0 Å². The van der Waals surface area contributed by atoms with Crippen LogP contribution in [0.3, 0.4) is 0 Å². The molecule has 0 aromatic carbocycles. The van der Waals surface area contributed by atoms with Gasteiger partial charge in [0.1, 0.15) is 9.84 Å². The minimum absolute atomic E-state index is 0.0225. The van der Waals surface area contributed by atoms with Crippen LogP contribution >= 0.6 is 15.9 Å². The Morgan fingerprint density at radius 3 is 2.39 bits per heavy atom. The number of hydrogen-bond acceptors (Lipinski definition) is 4. The van der Waals surface area contributed by atoms with Gasteiger partial charge >= 0.3 is 0 Å². The maximum absolute atomic E-state index is 12.0. The van der Waals surface area contributed by atoms with E-state index in [1.54, 1.807) is 0 Å². The molecule has 1 saturated heterocycles. The zero-order chi connectivity index (χ0) is 13.8. The lowest BCUT2D eigenvalue weighted by atomic mass is 10.2. The van der Waals surface area contributed by atoms with Gasteiger partial charge in [0.05, 0.1) is 16.8 Å². The largest absolute Gasteiger partial charge is 0.229 e. The second-order valence-electron chi connectivity index (χ2n) is 4.63. The summed E-state index contributed by atoms with van der Waals surface area (Å²) < 4.78 is 49.0. The van der Waals surface area contributed by atoms with Crippen molar-refractivity contribution in [3.63, 3.8) is 0 Å². The van der Waals surface area contributed by atoms with E-state index in [-0.39, 0.29) is 29.2 Å². The summed E-state index contributed by atoms with van der Waals surface area (Å²) in [6.45, 7) is 2.40. The average Bonchev–Trinajstić information content (AvgIpc) is 2.26. The second-order valence-corrected chi connectivity index (χ2v) is 10.3. The second kappa shape index (κ2) is 6.67. The number of alkyl halides is 1. The van der Waals surface area contributed by atoms with Crippen LogP contribution in [0.15, 0.2) is 0 Å². The van der Waals surface area contributed by atoms with Gasteiger partial charge in [-0.25, -0.2) is 21.6 Å². The molecule has 0 aliphatic carbocycles. The first-order valence-electron chi connectivity index (χ1n) is 6.10. The van der Waals surface area contributed by atoms with Crippen LogP contribution in [0.5, 0.6) is 0 Å². The first kappa shape index (κ1) is 16.4. The van der Waals surface area contributed by atoms with Gasteiger partial charge in [0, 0.05) is 11.4 Å². The highest BCUT2D eigenvalue weighted by Gasteiger charge is 2.32. The predicted molar refractivity (Wildman–Crippen MR) is 76.2 cm³/mol. The van der Waals surface area contributed by atoms with Crippen molar-refractivity contribution >= 4 is 35.8 Å². The van der Waals surface area contributed by atoms with Gasteiger partial charge in [0.15, 0.2) is 0 Å². The topological polar surface area (TPSA) is 80.3 Å². The lowest BCUT2D eigenvalue weighted by Crippen LogP contribution is -2.41. The molecule has 0 radical (unpaired) electrons. The van der Waals surface area contributed by atoms with E-state index in [2.05, 4.69) is 20.7 Å². The molecule has 1 aliphatic rings. The molecule has 0 saturated carbocycles. The Morgan fingerprint density at radius 2 is 1.89 bits per heavy atom. The SMILES string of the molecule is CCCC(Br)CNS(=O)(=O)C1CCS(=O)(=O)CC1. The molecule has 108 valence electrons. The van der Waals surface area contributed by atoms with Crippen LogP contribution < -0.4 is 4.72 Å². The van der Waals surface area contributed by atoms with Gasteiger partial charge in [-0.3, -0.25) is 0 Å². The Kier molecular flexibility index (Phi) is 6.08. The van der Waals surface area contributed by atoms with Gasteiger partial charge in [-0.2, -0.15) is 0 Å². The first-order chi connectivity index (χ1) is 8.27. The van der Waals surface area contributed by atoms with Crippen LogP contribution in [0.25, 0.3) is 0 Å². The fraction of sp³-hybridized carbons (Fsp3) is 1.00. The normalized spacial score (nSPS) is 22.8. The van der Waals surface area contributed by atoms with E-state index in [9.17, 15) is 16.8 Å². The maximum Gasteiger partial charge on any atom is 0.214 e. The number of sulfonamides is 1. The van der Waals surface area contributed by atoms with E-state index in [0.29, 0.717) is 6.54 Å². The van der Waals surface area contributed by atoms with Crippen molar-refractivity contribution in [3.05, 3.63) is 0 Å². The van der Waals surface area contributed by atoms with Gasteiger partial charge in [0.2, 0.25) is 10.0 Å². The maximum atomic E-state index is 12.0. The summed E-state index contributed by atoms with van der Waals surface area (Å²) in [4.78, 5) is 0.129. The van der Waals surface area contributed by atoms with Gasteiger partial charge in [-0.15, -0.1) is 0 Å². The van der Waals surface area contributed by atoms with Crippen molar-refractivity contribution in [3.8, 4) is 0 Å². The summed E-state index contributed by atoms with van der Waals surface area (Å²) in [6, 6.07) is 0. The molecule has 18 heavy (non-hydrogen) atoms. The predicted octanol–water partition coefficient (Wildman–Crippen LogP) is 1.05. The summed E-state index contributed by atoms with van der Waals surface area (Å²) in [7, 11) is -6.41. The van der Waals surface area contributed by atoms with Crippen LogP contribution in [0.1, 0.15) is 32.6 Å². The van der Waals surface area contributed by atoms with E-state index in [0.717, 1.165) is 12.8 Å². The summed E-state index contributed by atoms with van der Waals surface area (Å²) in [5.41, 5.74) is 0. The molecule has 0 spiro atoms. The molecule has 1 aliphatic heterocycles. The minimum atomic E-state index is -3.39. The molecule has 5 nitrogen and oxygen atoms in total. The Balaban J connectivity index is 2.50. The van der Waals surface area contributed by atoms with Crippen LogP contribution in [-0.4, -0.2) is 45.0 Å². The minimum Gasteiger partial charge on any atom is -0.229 e. The van der Waals surface area contributed by atoms with E-state index in [1.165, 1.54) is 0 Å². The van der Waals surface area contributed by atoms with Crippen LogP contribution in [-0.2, 0) is 19.9 Å². The molecule has 1 fully saturated rings. The Bertz CT molecular complexity index is 446. The van der Waals surface area contributed by atoms with Gasteiger partial charge < -0.3 is 0 Å². The van der Waals surface area contributed by atoms with Crippen LogP contribution in [0.2, 0.25) is 0 Å². The Morgan fingerprint density at radius 1 is 1.33 bits per heavy atom. The molecule has 1 rings (SSSR count). The summed E-state index contributed by atoms with van der Waals surface area (Å²) in [5.74, 6) is -0.0451. The molecule has 0 aromatic rings. The van der Waals surface area contributed by atoms with Crippen molar-refractivity contribution in [2.75, 3.05) is 18.1 Å². The third-order valence-corrected chi connectivity index (χ3v) is 7.46. The zero-order valence-electron chi connectivity index (χ0n) is 10.4. The molecule has 0 amide bonds. The summed E-state index contributed by atoms with van der Waals surface area (Å²) in [6.07, 6.45) is 2.30. The highest BCUT2D eigenvalue weighted by molar-refractivity contribution is 9.09. The molecule has 1 atom stereocenters. The molecule has 1 N–H and O–H groups in total. The third-order valence-electron chi connectivity index (χ3n) is 3.05. The van der Waals surface area contributed by atoms with Crippen molar-refractivity contribution in [2.45, 2.75) is 42.7 Å². The van der Waals surface area contributed by atoms with Gasteiger partial charge in [-0.1, -0.05) is 29.3 Å². The highest BCUT2D eigenvalue weighted by atomic mass is 79.9. The van der Waals surface area contributed by atoms with Crippen LogP contribution in [0.4, 0.5) is 0 Å². The van der Waals surface area contributed by atoms with Gasteiger partial charge in [-0.05, 0) is 19.3 Å². The average molecular weight is 362 g/mol. The summed E-state index contributed by atoms with van der Waals surface area (Å²) >= 11 is 3.41. The molecular weight excluding hydrogens is 342 g/mol. The zero-order valence-corrected chi connectivity index (χ0v) is 13.7. The van der Waals surface area contributed by atoms with Crippen molar-refractivity contribution in [1.29, 1.82) is 0 Å². The molecule has 0 aromatic heterocycles. The molecule has 1 unspecified atom stereocenters.